The van der Waals surface area contributed by atoms with Gasteiger partial charge in [0.25, 0.3) is 0 Å². The number of rotatable bonds is 6. The minimum Gasteiger partial charge on any atom is -0.482 e. The van der Waals surface area contributed by atoms with Gasteiger partial charge < -0.3 is 19.5 Å². The van der Waals surface area contributed by atoms with Crippen LogP contribution < -0.4 is 9.64 Å². The molecule has 0 atom stereocenters. The van der Waals surface area contributed by atoms with Gasteiger partial charge in [-0.25, -0.2) is 9.18 Å². The summed E-state index contributed by atoms with van der Waals surface area (Å²) in [4.78, 5) is 25.6. The number of anilines is 1. The van der Waals surface area contributed by atoms with Crippen LogP contribution in [0.5, 0.6) is 5.75 Å². The smallest absolute Gasteiger partial charge is 0.341 e. The number of carbonyl (C=O) groups excluding carboxylic acids is 1. The van der Waals surface area contributed by atoms with Crippen molar-refractivity contribution in [2.75, 3.05) is 31.8 Å². The molecular weight excluding hydrogens is 365 g/mol. The fraction of sp³-hybridized carbons (Fsp3) is 0.333. The van der Waals surface area contributed by atoms with Crippen molar-refractivity contribution in [1.82, 2.24) is 0 Å². The van der Waals surface area contributed by atoms with Crippen molar-refractivity contribution in [3.63, 3.8) is 0 Å². The van der Waals surface area contributed by atoms with E-state index in [1.807, 2.05) is 0 Å². The maximum absolute atomic E-state index is 13.5. The number of ether oxygens (including phenoxy) is 2. The molecule has 0 aromatic heterocycles. The molecule has 6 nitrogen and oxygen atoms in total. The average Bonchev–Trinajstić information content (AvgIpc) is 2.72. The molecule has 0 aliphatic carbocycles. The van der Waals surface area contributed by atoms with E-state index < -0.39 is 18.0 Å². The Morgan fingerprint density at radius 1 is 1.11 bits per heavy atom. The SMILES string of the molecule is CN(C(=O)C1(c2ccc(F)cc2)CCOCC1)c1ccc(OCC(=O)O)cc1. The summed E-state index contributed by atoms with van der Waals surface area (Å²) < 4.78 is 24.0. The number of carboxylic acid groups (broad SMARTS) is 1. The topological polar surface area (TPSA) is 76.1 Å². The molecule has 3 rings (SSSR count). The number of benzene rings is 2. The number of amides is 1. The predicted molar refractivity (Wildman–Crippen MR) is 101 cm³/mol. The summed E-state index contributed by atoms with van der Waals surface area (Å²) in [5, 5.41) is 8.68. The summed E-state index contributed by atoms with van der Waals surface area (Å²) in [6.45, 7) is 0.486. The van der Waals surface area contributed by atoms with Crippen LogP contribution in [0.25, 0.3) is 0 Å². The molecule has 1 N–H and O–H groups in total. The van der Waals surface area contributed by atoms with Crippen molar-refractivity contribution in [3.05, 3.63) is 59.9 Å². The van der Waals surface area contributed by atoms with E-state index in [1.54, 1.807) is 48.3 Å². The number of nitrogens with zero attached hydrogens (tertiary/aromatic N) is 1. The van der Waals surface area contributed by atoms with Crippen LogP contribution in [0.4, 0.5) is 10.1 Å². The Labute approximate surface area is 162 Å². The molecule has 0 spiro atoms. The van der Waals surface area contributed by atoms with E-state index in [-0.39, 0.29) is 11.7 Å². The fourth-order valence-electron chi connectivity index (χ4n) is 3.46. The van der Waals surface area contributed by atoms with Gasteiger partial charge in [-0.2, -0.15) is 0 Å². The van der Waals surface area contributed by atoms with Gasteiger partial charge in [-0.1, -0.05) is 12.1 Å². The molecule has 0 bridgehead atoms. The van der Waals surface area contributed by atoms with Crippen molar-refractivity contribution in [3.8, 4) is 5.75 Å². The van der Waals surface area contributed by atoms with E-state index in [9.17, 15) is 14.0 Å². The summed E-state index contributed by atoms with van der Waals surface area (Å²) >= 11 is 0. The molecule has 1 amide bonds. The first-order valence-electron chi connectivity index (χ1n) is 8.99. The molecule has 1 aliphatic rings. The summed E-state index contributed by atoms with van der Waals surface area (Å²) in [5.41, 5.74) is 0.648. The lowest BCUT2D eigenvalue weighted by Crippen LogP contribution is -2.48. The molecule has 7 heteroatoms. The lowest BCUT2D eigenvalue weighted by atomic mass is 9.73. The Morgan fingerprint density at radius 2 is 1.71 bits per heavy atom. The van der Waals surface area contributed by atoms with Crippen molar-refractivity contribution in [2.24, 2.45) is 0 Å². The van der Waals surface area contributed by atoms with Gasteiger partial charge in [0, 0.05) is 25.9 Å². The van der Waals surface area contributed by atoms with Crippen LogP contribution in [0.3, 0.4) is 0 Å². The summed E-state index contributed by atoms with van der Waals surface area (Å²) in [5.74, 6) is -1.09. The van der Waals surface area contributed by atoms with Gasteiger partial charge in [-0.15, -0.1) is 0 Å². The fourth-order valence-corrected chi connectivity index (χ4v) is 3.46. The van der Waals surface area contributed by atoms with E-state index in [0.717, 1.165) is 5.56 Å². The van der Waals surface area contributed by atoms with Crippen LogP contribution in [0.2, 0.25) is 0 Å². The van der Waals surface area contributed by atoms with Gasteiger partial charge in [-0.3, -0.25) is 4.79 Å². The Bertz CT molecular complexity index is 829. The number of carboxylic acids is 1. The quantitative estimate of drug-likeness (QED) is 0.825. The van der Waals surface area contributed by atoms with E-state index in [0.29, 0.717) is 37.5 Å². The van der Waals surface area contributed by atoms with Gasteiger partial charge in [0.2, 0.25) is 5.91 Å². The molecule has 0 radical (unpaired) electrons. The zero-order valence-corrected chi connectivity index (χ0v) is 15.6. The zero-order valence-electron chi connectivity index (χ0n) is 15.6. The monoisotopic (exact) mass is 387 g/mol. The third kappa shape index (κ3) is 4.14. The van der Waals surface area contributed by atoms with Crippen molar-refractivity contribution in [1.29, 1.82) is 0 Å². The number of carbonyl (C=O) groups is 2. The Balaban J connectivity index is 1.84. The van der Waals surface area contributed by atoms with Crippen LogP contribution >= 0.6 is 0 Å². The lowest BCUT2D eigenvalue weighted by Gasteiger charge is -2.39. The predicted octanol–water partition coefficient (Wildman–Crippen LogP) is 3.00. The number of halogens is 1. The van der Waals surface area contributed by atoms with Gasteiger partial charge in [0.15, 0.2) is 6.61 Å². The first-order valence-corrected chi connectivity index (χ1v) is 8.99. The zero-order chi connectivity index (χ0) is 20.1. The largest absolute Gasteiger partial charge is 0.482 e. The molecule has 1 heterocycles. The molecular formula is C21H22FNO5. The third-order valence-electron chi connectivity index (χ3n) is 5.04. The van der Waals surface area contributed by atoms with Gasteiger partial charge in [0.05, 0.1) is 5.41 Å². The first kappa shape index (κ1) is 19.8. The van der Waals surface area contributed by atoms with Crippen LogP contribution in [0.15, 0.2) is 48.5 Å². The molecule has 28 heavy (non-hydrogen) atoms. The molecule has 0 saturated carbocycles. The minimum atomic E-state index is -1.06. The highest BCUT2D eigenvalue weighted by Crippen LogP contribution is 2.38. The van der Waals surface area contributed by atoms with Gasteiger partial charge in [0.1, 0.15) is 11.6 Å². The van der Waals surface area contributed by atoms with Gasteiger partial charge >= 0.3 is 5.97 Å². The average molecular weight is 387 g/mol. The van der Waals surface area contributed by atoms with Crippen molar-refractivity contribution < 1.29 is 28.6 Å². The highest BCUT2D eigenvalue weighted by molar-refractivity contribution is 6.01. The second kappa shape index (κ2) is 8.39. The Hall–Kier alpha value is -2.93. The van der Waals surface area contributed by atoms with Crippen LogP contribution in [-0.2, 0) is 19.7 Å². The second-order valence-electron chi connectivity index (χ2n) is 6.74. The Morgan fingerprint density at radius 3 is 2.29 bits per heavy atom. The first-order chi connectivity index (χ1) is 13.4. The summed E-state index contributed by atoms with van der Waals surface area (Å²) in [6.07, 6.45) is 1.03. The summed E-state index contributed by atoms with van der Waals surface area (Å²) in [7, 11) is 1.69. The minimum absolute atomic E-state index is 0.0957. The number of hydrogen-bond acceptors (Lipinski definition) is 4. The van der Waals surface area contributed by atoms with Gasteiger partial charge in [-0.05, 0) is 54.8 Å². The maximum Gasteiger partial charge on any atom is 0.341 e. The van der Waals surface area contributed by atoms with Crippen molar-refractivity contribution in [2.45, 2.75) is 18.3 Å². The third-order valence-corrected chi connectivity index (χ3v) is 5.04. The van der Waals surface area contributed by atoms with Crippen LogP contribution in [0, 0.1) is 5.82 Å². The Kier molecular flexibility index (Phi) is 5.94. The second-order valence-corrected chi connectivity index (χ2v) is 6.74. The lowest BCUT2D eigenvalue weighted by molar-refractivity contribution is -0.139. The van der Waals surface area contributed by atoms with Crippen LogP contribution in [0.1, 0.15) is 18.4 Å². The number of likely N-dealkylation sites (N-methyl/N-ethyl adjacent to an activating group) is 1. The summed E-state index contributed by atoms with van der Waals surface area (Å²) in [6, 6.07) is 12.7. The molecule has 1 fully saturated rings. The standard InChI is InChI=1S/C21H22FNO5/c1-23(17-6-8-18(9-7-17)28-14-19(24)25)20(26)21(10-12-27-13-11-21)15-2-4-16(22)5-3-15/h2-9H,10-14H2,1H3,(H,24,25). The molecule has 148 valence electrons. The highest BCUT2D eigenvalue weighted by Gasteiger charge is 2.43. The maximum atomic E-state index is 13.5. The number of hydrogen-bond donors (Lipinski definition) is 1. The molecule has 2 aromatic rings. The van der Waals surface area contributed by atoms with E-state index in [1.165, 1.54) is 12.1 Å². The molecule has 1 saturated heterocycles. The van der Waals surface area contributed by atoms with Crippen LogP contribution in [-0.4, -0.2) is 43.9 Å². The van der Waals surface area contributed by atoms with E-state index in [2.05, 4.69) is 0 Å². The number of aliphatic carboxylic acids is 1. The highest BCUT2D eigenvalue weighted by atomic mass is 19.1. The molecule has 1 aliphatic heterocycles. The molecule has 2 aromatic carbocycles. The van der Waals surface area contributed by atoms with Crippen molar-refractivity contribution >= 4 is 17.6 Å². The van der Waals surface area contributed by atoms with E-state index >= 15 is 0 Å². The van der Waals surface area contributed by atoms with E-state index in [4.69, 9.17) is 14.6 Å². The molecule has 0 unspecified atom stereocenters. The normalized spacial score (nSPS) is 15.6.